The molecule has 0 bridgehead atoms. The first-order valence-electron chi connectivity index (χ1n) is 7.69. The van der Waals surface area contributed by atoms with E-state index in [0.29, 0.717) is 12.1 Å². The Morgan fingerprint density at radius 3 is 2.85 bits per heavy atom. The molecule has 0 saturated carbocycles. The van der Waals surface area contributed by atoms with Crippen LogP contribution in [-0.2, 0) is 12.8 Å². The van der Waals surface area contributed by atoms with Gasteiger partial charge < -0.3 is 15.0 Å². The van der Waals surface area contributed by atoms with E-state index in [9.17, 15) is 0 Å². The van der Waals surface area contributed by atoms with Crippen LogP contribution >= 0.6 is 0 Å². The standard InChI is InChI=1S/C17H28N2O/c1-13(2)19(3)10-9-18-16-7-5-14-6-8-17(20-4)12-15(14)11-16/h6,8,12-13,16,18H,5,7,9-11H2,1-4H3. The van der Waals surface area contributed by atoms with Crippen molar-refractivity contribution in [2.45, 2.75) is 45.2 Å². The first-order chi connectivity index (χ1) is 9.60. The monoisotopic (exact) mass is 276 g/mol. The van der Waals surface area contributed by atoms with Gasteiger partial charge in [-0.2, -0.15) is 0 Å². The first kappa shape index (κ1) is 15.3. The maximum Gasteiger partial charge on any atom is 0.119 e. The molecule has 3 heteroatoms. The lowest BCUT2D eigenvalue weighted by Crippen LogP contribution is -2.40. The number of benzene rings is 1. The van der Waals surface area contributed by atoms with Gasteiger partial charge in [-0.25, -0.2) is 0 Å². The summed E-state index contributed by atoms with van der Waals surface area (Å²) in [6, 6.07) is 7.72. The van der Waals surface area contributed by atoms with Crippen molar-refractivity contribution in [3.63, 3.8) is 0 Å². The average Bonchev–Trinajstić information content (AvgIpc) is 2.46. The van der Waals surface area contributed by atoms with Crippen molar-refractivity contribution in [2.24, 2.45) is 0 Å². The Balaban J connectivity index is 1.84. The second-order valence-corrected chi connectivity index (χ2v) is 6.10. The van der Waals surface area contributed by atoms with E-state index in [1.165, 1.54) is 24.0 Å². The highest BCUT2D eigenvalue weighted by Crippen LogP contribution is 2.25. The highest BCUT2D eigenvalue weighted by molar-refractivity contribution is 5.37. The predicted molar refractivity (Wildman–Crippen MR) is 84.6 cm³/mol. The predicted octanol–water partition coefficient (Wildman–Crippen LogP) is 2.48. The minimum absolute atomic E-state index is 0.607. The lowest BCUT2D eigenvalue weighted by molar-refractivity contribution is 0.266. The number of aryl methyl sites for hydroxylation is 1. The van der Waals surface area contributed by atoms with Crippen molar-refractivity contribution >= 4 is 0 Å². The molecule has 0 saturated heterocycles. The van der Waals surface area contributed by atoms with Gasteiger partial charge >= 0.3 is 0 Å². The largest absolute Gasteiger partial charge is 0.497 e. The molecule has 1 N–H and O–H groups in total. The van der Waals surface area contributed by atoms with Crippen molar-refractivity contribution in [2.75, 3.05) is 27.2 Å². The Labute approximate surface area is 123 Å². The van der Waals surface area contributed by atoms with Crippen molar-refractivity contribution in [3.05, 3.63) is 29.3 Å². The van der Waals surface area contributed by atoms with Crippen LogP contribution in [0, 0.1) is 0 Å². The van der Waals surface area contributed by atoms with Gasteiger partial charge in [0.1, 0.15) is 5.75 Å². The quantitative estimate of drug-likeness (QED) is 0.864. The van der Waals surface area contributed by atoms with E-state index in [0.717, 1.165) is 25.3 Å². The zero-order chi connectivity index (χ0) is 14.5. The van der Waals surface area contributed by atoms with Crippen LogP contribution < -0.4 is 10.1 Å². The van der Waals surface area contributed by atoms with Gasteiger partial charge in [0, 0.05) is 25.2 Å². The molecule has 0 fully saturated rings. The molecule has 1 aliphatic rings. The molecular formula is C17H28N2O. The molecule has 0 amide bonds. The number of ether oxygens (including phenoxy) is 1. The molecule has 3 nitrogen and oxygen atoms in total. The lowest BCUT2D eigenvalue weighted by Gasteiger charge is -2.28. The minimum Gasteiger partial charge on any atom is -0.497 e. The third kappa shape index (κ3) is 3.97. The van der Waals surface area contributed by atoms with Crippen molar-refractivity contribution in [3.8, 4) is 5.75 Å². The smallest absolute Gasteiger partial charge is 0.119 e. The number of rotatable bonds is 6. The lowest BCUT2D eigenvalue weighted by atomic mass is 9.88. The molecule has 1 aromatic carbocycles. The van der Waals surface area contributed by atoms with E-state index in [-0.39, 0.29) is 0 Å². The second kappa shape index (κ2) is 7.09. The summed E-state index contributed by atoms with van der Waals surface area (Å²) < 4.78 is 5.33. The Morgan fingerprint density at radius 1 is 1.35 bits per heavy atom. The van der Waals surface area contributed by atoms with E-state index in [4.69, 9.17) is 4.74 Å². The van der Waals surface area contributed by atoms with E-state index >= 15 is 0 Å². The van der Waals surface area contributed by atoms with E-state index in [2.05, 4.69) is 49.3 Å². The van der Waals surface area contributed by atoms with Crippen LogP contribution in [0.4, 0.5) is 0 Å². The van der Waals surface area contributed by atoms with Crippen LogP contribution in [0.3, 0.4) is 0 Å². The van der Waals surface area contributed by atoms with E-state index in [1.54, 1.807) is 7.11 Å². The van der Waals surface area contributed by atoms with Crippen molar-refractivity contribution in [1.29, 1.82) is 0 Å². The highest BCUT2D eigenvalue weighted by Gasteiger charge is 2.18. The molecule has 1 atom stereocenters. The van der Waals surface area contributed by atoms with Crippen LogP contribution in [0.25, 0.3) is 0 Å². The van der Waals surface area contributed by atoms with Crippen LogP contribution in [0.5, 0.6) is 5.75 Å². The van der Waals surface area contributed by atoms with E-state index in [1.807, 2.05) is 0 Å². The molecule has 0 radical (unpaired) electrons. The maximum atomic E-state index is 5.33. The zero-order valence-electron chi connectivity index (χ0n) is 13.3. The Hall–Kier alpha value is -1.06. The Bertz CT molecular complexity index is 431. The number of methoxy groups -OCH3 is 1. The van der Waals surface area contributed by atoms with Gasteiger partial charge in [0.05, 0.1) is 7.11 Å². The summed E-state index contributed by atoms with van der Waals surface area (Å²) in [6.45, 7) is 6.66. The molecule has 1 unspecified atom stereocenters. The SMILES string of the molecule is COc1ccc2c(c1)CC(NCCN(C)C(C)C)CC2. The Kier molecular flexibility index (Phi) is 5.44. The van der Waals surface area contributed by atoms with Crippen LogP contribution in [0.2, 0.25) is 0 Å². The molecule has 1 aliphatic carbocycles. The number of hydrogen-bond donors (Lipinski definition) is 1. The number of nitrogens with zero attached hydrogens (tertiary/aromatic N) is 1. The van der Waals surface area contributed by atoms with Crippen LogP contribution in [0.15, 0.2) is 18.2 Å². The molecule has 112 valence electrons. The summed E-state index contributed by atoms with van der Waals surface area (Å²) >= 11 is 0. The van der Waals surface area contributed by atoms with Gasteiger partial charge in [-0.3, -0.25) is 0 Å². The molecule has 1 aromatic rings. The molecule has 0 spiro atoms. The zero-order valence-corrected chi connectivity index (χ0v) is 13.3. The van der Waals surface area contributed by atoms with Gasteiger partial charge in [-0.05, 0) is 63.4 Å². The van der Waals surface area contributed by atoms with Gasteiger partial charge in [0.15, 0.2) is 0 Å². The fourth-order valence-corrected chi connectivity index (χ4v) is 2.74. The van der Waals surface area contributed by atoms with Crippen molar-refractivity contribution in [1.82, 2.24) is 10.2 Å². The number of hydrogen-bond acceptors (Lipinski definition) is 3. The summed E-state index contributed by atoms with van der Waals surface area (Å²) in [7, 11) is 3.93. The van der Waals surface area contributed by atoms with Crippen LogP contribution in [-0.4, -0.2) is 44.2 Å². The van der Waals surface area contributed by atoms with Gasteiger partial charge in [0.25, 0.3) is 0 Å². The summed E-state index contributed by atoms with van der Waals surface area (Å²) in [6.07, 6.45) is 3.54. The third-order valence-corrected chi connectivity index (χ3v) is 4.42. The third-order valence-electron chi connectivity index (χ3n) is 4.42. The molecule has 20 heavy (non-hydrogen) atoms. The molecular weight excluding hydrogens is 248 g/mol. The fourth-order valence-electron chi connectivity index (χ4n) is 2.74. The molecule has 0 aliphatic heterocycles. The highest BCUT2D eigenvalue weighted by atomic mass is 16.5. The average molecular weight is 276 g/mol. The van der Waals surface area contributed by atoms with Crippen LogP contribution in [0.1, 0.15) is 31.4 Å². The summed E-state index contributed by atoms with van der Waals surface area (Å²) in [5.74, 6) is 0.976. The molecule has 0 aromatic heterocycles. The second-order valence-electron chi connectivity index (χ2n) is 6.10. The summed E-state index contributed by atoms with van der Waals surface area (Å²) in [5.41, 5.74) is 2.94. The first-order valence-corrected chi connectivity index (χ1v) is 7.69. The van der Waals surface area contributed by atoms with E-state index < -0.39 is 0 Å². The van der Waals surface area contributed by atoms with Gasteiger partial charge in [-0.15, -0.1) is 0 Å². The topological polar surface area (TPSA) is 24.5 Å². The molecule has 0 heterocycles. The Morgan fingerprint density at radius 2 is 2.15 bits per heavy atom. The normalized spacial score (nSPS) is 18.4. The summed E-state index contributed by atoms with van der Waals surface area (Å²) in [5, 5.41) is 3.70. The maximum absolute atomic E-state index is 5.33. The van der Waals surface area contributed by atoms with Crippen molar-refractivity contribution < 1.29 is 4.74 Å². The number of likely N-dealkylation sites (N-methyl/N-ethyl adjacent to an activating group) is 1. The molecule has 2 rings (SSSR count). The fraction of sp³-hybridized carbons (Fsp3) is 0.647. The van der Waals surface area contributed by atoms with Gasteiger partial charge in [0.2, 0.25) is 0 Å². The van der Waals surface area contributed by atoms with Gasteiger partial charge in [-0.1, -0.05) is 6.07 Å². The number of fused-ring (bicyclic) bond motifs is 1. The summed E-state index contributed by atoms with van der Waals surface area (Å²) in [4.78, 5) is 2.38. The number of nitrogens with one attached hydrogen (secondary N) is 1. The minimum atomic E-state index is 0.607.